The van der Waals surface area contributed by atoms with Crippen molar-refractivity contribution in [1.29, 1.82) is 0 Å². The van der Waals surface area contributed by atoms with Crippen molar-refractivity contribution < 1.29 is 8.81 Å². The summed E-state index contributed by atoms with van der Waals surface area (Å²) in [6.45, 7) is 9.01. The fraction of sp³-hybridized carbons (Fsp3) is 0.348. The summed E-state index contributed by atoms with van der Waals surface area (Å²) in [5, 5.41) is 0. The summed E-state index contributed by atoms with van der Waals surface area (Å²) in [6, 6.07) is 14.9. The monoisotopic (exact) mass is 379 g/mol. The van der Waals surface area contributed by atoms with E-state index < -0.39 is 0 Å². The van der Waals surface area contributed by atoms with Crippen LogP contribution in [0.5, 0.6) is 0 Å². The molecule has 0 radical (unpaired) electrons. The zero-order chi connectivity index (χ0) is 19.5. The molecule has 1 aliphatic rings. The Morgan fingerprint density at radius 1 is 0.964 bits per heavy atom. The Hall–Kier alpha value is -2.66. The van der Waals surface area contributed by atoms with Gasteiger partial charge in [0, 0.05) is 44.0 Å². The lowest BCUT2D eigenvalue weighted by Gasteiger charge is -2.25. The number of halogens is 1. The Bertz CT molecular complexity index is 935. The smallest absolute Gasteiger partial charge is 0.226 e. The largest absolute Gasteiger partial charge is 0.441 e. The van der Waals surface area contributed by atoms with Crippen LogP contribution in [0.3, 0.4) is 0 Å². The van der Waals surface area contributed by atoms with Crippen LogP contribution in [0.1, 0.15) is 23.4 Å². The molecule has 0 saturated carbocycles. The van der Waals surface area contributed by atoms with Crippen molar-refractivity contribution in [3.05, 3.63) is 71.4 Å². The summed E-state index contributed by atoms with van der Waals surface area (Å²) in [6.07, 6.45) is 1.12. The number of benzene rings is 2. The van der Waals surface area contributed by atoms with Crippen molar-refractivity contribution in [2.75, 3.05) is 31.1 Å². The lowest BCUT2D eigenvalue weighted by atomic mass is 10.2. The van der Waals surface area contributed by atoms with Crippen molar-refractivity contribution >= 4 is 5.69 Å². The normalized spacial score (nSPS) is 15.6. The fourth-order valence-corrected chi connectivity index (χ4v) is 3.79. The quantitative estimate of drug-likeness (QED) is 0.651. The molecule has 28 heavy (non-hydrogen) atoms. The van der Waals surface area contributed by atoms with Crippen LogP contribution in [-0.4, -0.2) is 36.1 Å². The van der Waals surface area contributed by atoms with Gasteiger partial charge in [0.1, 0.15) is 11.6 Å². The highest BCUT2D eigenvalue weighted by Gasteiger charge is 2.19. The first-order valence-corrected chi connectivity index (χ1v) is 9.85. The first-order chi connectivity index (χ1) is 13.6. The molecular weight excluding hydrogens is 353 g/mol. The summed E-state index contributed by atoms with van der Waals surface area (Å²) in [7, 11) is 0. The minimum absolute atomic E-state index is 0.255. The SMILES string of the molecule is Cc1ccccc1N1CCCN(Cc2nc(-c3ccc(F)cc3)oc2C)CC1. The van der Waals surface area contributed by atoms with Gasteiger partial charge < -0.3 is 9.32 Å². The third-order valence-corrected chi connectivity index (χ3v) is 5.40. The van der Waals surface area contributed by atoms with Gasteiger partial charge in [-0.25, -0.2) is 9.37 Å². The number of hydrogen-bond donors (Lipinski definition) is 0. The molecule has 0 amide bonds. The van der Waals surface area contributed by atoms with E-state index in [0.29, 0.717) is 5.89 Å². The molecule has 4 rings (SSSR count). The zero-order valence-electron chi connectivity index (χ0n) is 16.5. The Morgan fingerprint density at radius 2 is 1.75 bits per heavy atom. The maximum absolute atomic E-state index is 13.2. The van der Waals surface area contributed by atoms with Gasteiger partial charge in [-0.1, -0.05) is 18.2 Å². The topological polar surface area (TPSA) is 32.5 Å². The van der Waals surface area contributed by atoms with Crippen LogP contribution in [-0.2, 0) is 6.54 Å². The lowest BCUT2D eigenvalue weighted by Crippen LogP contribution is -2.31. The van der Waals surface area contributed by atoms with Crippen LogP contribution in [0.4, 0.5) is 10.1 Å². The highest BCUT2D eigenvalue weighted by Crippen LogP contribution is 2.24. The van der Waals surface area contributed by atoms with Gasteiger partial charge in [0.2, 0.25) is 5.89 Å². The van der Waals surface area contributed by atoms with Gasteiger partial charge in [0.05, 0.1) is 5.69 Å². The molecule has 1 fully saturated rings. The summed E-state index contributed by atoms with van der Waals surface area (Å²) in [5.41, 5.74) is 4.42. The molecular formula is C23H26FN3O. The Kier molecular flexibility index (Phi) is 5.44. The van der Waals surface area contributed by atoms with E-state index in [1.807, 2.05) is 6.92 Å². The van der Waals surface area contributed by atoms with E-state index in [9.17, 15) is 4.39 Å². The van der Waals surface area contributed by atoms with Gasteiger partial charge in [-0.3, -0.25) is 4.90 Å². The molecule has 0 bridgehead atoms. The van der Waals surface area contributed by atoms with Crippen LogP contribution in [0.15, 0.2) is 52.9 Å². The van der Waals surface area contributed by atoms with E-state index in [-0.39, 0.29) is 5.82 Å². The maximum Gasteiger partial charge on any atom is 0.226 e. The van der Waals surface area contributed by atoms with Crippen LogP contribution < -0.4 is 4.90 Å². The van der Waals surface area contributed by atoms with Gasteiger partial charge in [-0.05, 0) is 56.2 Å². The third kappa shape index (κ3) is 4.09. The fourth-order valence-electron chi connectivity index (χ4n) is 3.79. The van der Waals surface area contributed by atoms with Gasteiger partial charge in [0.15, 0.2) is 0 Å². The number of aromatic nitrogens is 1. The van der Waals surface area contributed by atoms with Crippen molar-refractivity contribution in [3.8, 4) is 11.5 Å². The van der Waals surface area contributed by atoms with Gasteiger partial charge in [-0.2, -0.15) is 0 Å². The molecule has 1 saturated heterocycles. The van der Waals surface area contributed by atoms with Crippen LogP contribution in [0.2, 0.25) is 0 Å². The number of oxazole rings is 1. The molecule has 0 spiro atoms. The van der Waals surface area contributed by atoms with Crippen molar-refractivity contribution in [1.82, 2.24) is 9.88 Å². The molecule has 146 valence electrons. The number of para-hydroxylation sites is 1. The highest BCUT2D eigenvalue weighted by atomic mass is 19.1. The molecule has 0 unspecified atom stereocenters. The van der Waals surface area contributed by atoms with E-state index in [1.54, 1.807) is 12.1 Å². The molecule has 0 aliphatic carbocycles. The average Bonchev–Trinajstić information content (AvgIpc) is 2.90. The molecule has 0 N–H and O–H groups in total. The maximum atomic E-state index is 13.2. The summed E-state index contributed by atoms with van der Waals surface area (Å²) in [5.74, 6) is 1.14. The Labute approximate surface area is 165 Å². The number of anilines is 1. The number of rotatable bonds is 4. The Morgan fingerprint density at radius 3 is 2.54 bits per heavy atom. The Balaban J connectivity index is 1.44. The molecule has 1 aromatic heterocycles. The van der Waals surface area contributed by atoms with E-state index >= 15 is 0 Å². The zero-order valence-corrected chi connectivity index (χ0v) is 16.5. The molecule has 5 heteroatoms. The minimum Gasteiger partial charge on any atom is -0.441 e. The predicted molar refractivity (Wildman–Crippen MR) is 110 cm³/mol. The van der Waals surface area contributed by atoms with Crippen molar-refractivity contribution in [2.24, 2.45) is 0 Å². The van der Waals surface area contributed by atoms with E-state index in [1.165, 1.54) is 23.4 Å². The summed E-state index contributed by atoms with van der Waals surface area (Å²) in [4.78, 5) is 9.60. The first kappa shape index (κ1) is 18.7. The number of aryl methyl sites for hydroxylation is 2. The lowest BCUT2D eigenvalue weighted by molar-refractivity contribution is 0.281. The van der Waals surface area contributed by atoms with Crippen LogP contribution in [0.25, 0.3) is 11.5 Å². The van der Waals surface area contributed by atoms with Gasteiger partial charge in [-0.15, -0.1) is 0 Å². The van der Waals surface area contributed by atoms with E-state index in [4.69, 9.17) is 4.42 Å². The van der Waals surface area contributed by atoms with E-state index in [2.05, 4.69) is 46.0 Å². The molecule has 2 heterocycles. The van der Waals surface area contributed by atoms with Gasteiger partial charge >= 0.3 is 0 Å². The molecule has 4 nitrogen and oxygen atoms in total. The van der Waals surface area contributed by atoms with Gasteiger partial charge in [0.25, 0.3) is 0 Å². The summed E-state index contributed by atoms with van der Waals surface area (Å²) >= 11 is 0. The van der Waals surface area contributed by atoms with Crippen molar-refractivity contribution in [3.63, 3.8) is 0 Å². The number of hydrogen-bond acceptors (Lipinski definition) is 4. The number of nitrogens with zero attached hydrogens (tertiary/aromatic N) is 3. The minimum atomic E-state index is -0.255. The first-order valence-electron chi connectivity index (χ1n) is 9.85. The average molecular weight is 379 g/mol. The van der Waals surface area contributed by atoms with Crippen LogP contribution in [0, 0.1) is 19.7 Å². The third-order valence-electron chi connectivity index (χ3n) is 5.40. The second kappa shape index (κ2) is 8.15. The molecule has 3 aromatic rings. The molecule has 0 atom stereocenters. The van der Waals surface area contributed by atoms with E-state index in [0.717, 1.165) is 56.2 Å². The van der Waals surface area contributed by atoms with Crippen molar-refractivity contribution in [2.45, 2.75) is 26.8 Å². The highest BCUT2D eigenvalue weighted by molar-refractivity contribution is 5.54. The second-order valence-electron chi connectivity index (χ2n) is 7.43. The molecule has 2 aromatic carbocycles. The van der Waals surface area contributed by atoms with Crippen LogP contribution >= 0.6 is 0 Å². The molecule has 1 aliphatic heterocycles. The predicted octanol–water partition coefficient (Wildman–Crippen LogP) is 4.81. The summed E-state index contributed by atoms with van der Waals surface area (Å²) < 4.78 is 19.0. The standard InChI is InChI=1S/C23H26FN3O/c1-17-6-3-4-7-22(17)27-13-5-12-26(14-15-27)16-21-18(2)28-23(25-21)19-8-10-20(24)11-9-19/h3-4,6-11H,5,12-16H2,1-2H3. The second-order valence-corrected chi connectivity index (χ2v) is 7.43.